The van der Waals surface area contributed by atoms with Gasteiger partial charge in [0.2, 0.25) is 5.91 Å². The van der Waals surface area contributed by atoms with Gasteiger partial charge in [-0.1, -0.05) is 23.4 Å². The van der Waals surface area contributed by atoms with Gasteiger partial charge in [-0.25, -0.2) is 0 Å². The van der Waals surface area contributed by atoms with Crippen molar-refractivity contribution in [1.29, 1.82) is 0 Å². The smallest absolute Gasteiger partial charge is 0.253 e. The SMILES string of the molecule is O=C(CN1CN(c2ccccc2)C2(CCN(C(=O)c3ccc4[nH]nnc4c3)CC2)C1=O)C1CNCCO1. The van der Waals surface area contributed by atoms with Gasteiger partial charge >= 0.3 is 0 Å². The first-order valence-electron chi connectivity index (χ1n) is 12.6. The number of aromatic amines is 1. The van der Waals surface area contributed by atoms with Gasteiger partial charge in [-0.2, -0.15) is 0 Å². The number of likely N-dealkylation sites (tertiary alicyclic amines) is 1. The fraction of sp³-hybridized carbons (Fsp3) is 0.423. The van der Waals surface area contributed by atoms with Crippen molar-refractivity contribution in [2.75, 3.05) is 50.9 Å². The second kappa shape index (κ2) is 9.56. The second-order valence-electron chi connectivity index (χ2n) is 9.81. The van der Waals surface area contributed by atoms with Crippen LogP contribution in [0.4, 0.5) is 5.69 Å². The number of hydrogen-bond acceptors (Lipinski definition) is 8. The minimum Gasteiger partial charge on any atom is -0.368 e. The molecule has 192 valence electrons. The molecular weight excluding hydrogens is 474 g/mol. The summed E-state index contributed by atoms with van der Waals surface area (Å²) < 4.78 is 5.62. The topological polar surface area (TPSA) is 124 Å². The van der Waals surface area contributed by atoms with Crippen LogP contribution in [0.1, 0.15) is 23.2 Å². The molecule has 11 nitrogen and oxygen atoms in total. The van der Waals surface area contributed by atoms with Crippen molar-refractivity contribution in [3.63, 3.8) is 0 Å². The normalized spacial score (nSPS) is 21.7. The number of ketones is 1. The van der Waals surface area contributed by atoms with Gasteiger partial charge in [0, 0.05) is 37.4 Å². The predicted molar refractivity (Wildman–Crippen MR) is 135 cm³/mol. The molecule has 3 fully saturated rings. The van der Waals surface area contributed by atoms with Gasteiger partial charge in [0.1, 0.15) is 17.2 Å². The van der Waals surface area contributed by atoms with Crippen LogP contribution in [0.2, 0.25) is 0 Å². The van der Waals surface area contributed by atoms with Gasteiger partial charge < -0.3 is 24.8 Å². The highest BCUT2D eigenvalue weighted by molar-refractivity contribution is 5.99. The van der Waals surface area contributed by atoms with Crippen LogP contribution in [0.15, 0.2) is 48.5 Å². The van der Waals surface area contributed by atoms with Crippen molar-refractivity contribution in [3.05, 3.63) is 54.1 Å². The van der Waals surface area contributed by atoms with Crippen LogP contribution >= 0.6 is 0 Å². The van der Waals surface area contributed by atoms with Gasteiger partial charge in [0.05, 0.1) is 25.3 Å². The molecule has 3 aliphatic heterocycles. The zero-order chi connectivity index (χ0) is 25.4. The lowest BCUT2D eigenvalue weighted by atomic mass is 9.85. The number of benzene rings is 2. The molecule has 2 aromatic carbocycles. The molecule has 4 heterocycles. The molecule has 11 heteroatoms. The Kier molecular flexibility index (Phi) is 6.09. The van der Waals surface area contributed by atoms with E-state index < -0.39 is 11.6 Å². The zero-order valence-electron chi connectivity index (χ0n) is 20.4. The van der Waals surface area contributed by atoms with E-state index in [0.717, 1.165) is 17.7 Å². The van der Waals surface area contributed by atoms with Gasteiger partial charge in [-0.15, -0.1) is 5.10 Å². The molecule has 6 rings (SSSR count). The summed E-state index contributed by atoms with van der Waals surface area (Å²) in [6.45, 7) is 2.87. The van der Waals surface area contributed by atoms with Gasteiger partial charge in [-0.05, 0) is 43.2 Å². The van der Waals surface area contributed by atoms with Crippen LogP contribution < -0.4 is 10.2 Å². The maximum Gasteiger partial charge on any atom is 0.253 e. The molecule has 0 bridgehead atoms. The number of morpholine rings is 1. The lowest BCUT2D eigenvalue weighted by molar-refractivity contribution is -0.141. The van der Waals surface area contributed by atoms with E-state index in [9.17, 15) is 14.4 Å². The third-order valence-corrected chi connectivity index (χ3v) is 7.67. The molecule has 0 aliphatic carbocycles. The zero-order valence-corrected chi connectivity index (χ0v) is 20.4. The third kappa shape index (κ3) is 4.23. The predicted octanol–water partition coefficient (Wildman–Crippen LogP) is 0.797. The Morgan fingerprint density at radius 3 is 2.68 bits per heavy atom. The monoisotopic (exact) mass is 503 g/mol. The maximum atomic E-state index is 13.9. The number of ether oxygens (including phenoxy) is 1. The fourth-order valence-corrected chi connectivity index (χ4v) is 5.62. The highest BCUT2D eigenvalue weighted by Crippen LogP contribution is 2.39. The standard InChI is InChI=1S/C26H29N7O4/c34-22(23-15-27-10-13-37-23)16-32-17-33(19-4-2-1-3-5-19)26(25(32)36)8-11-31(12-9-26)24(35)18-6-7-20-21(14-18)29-30-28-20/h1-7,14,23,27H,8-13,15-17H2,(H,28,29,30). The Labute approximate surface area is 213 Å². The largest absolute Gasteiger partial charge is 0.368 e. The number of piperidine rings is 1. The number of para-hydroxylation sites is 1. The summed E-state index contributed by atoms with van der Waals surface area (Å²) in [6.07, 6.45) is 0.417. The summed E-state index contributed by atoms with van der Waals surface area (Å²) in [7, 11) is 0. The molecule has 3 aliphatic rings. The van der Waals surface area contributed by atoms with Crippen LogP contribution in [0.3, 0.4) is 0 Å². The van der Waals surface area contributed by atoms with E-state index in [1.165, 1.54) is 0 Å². The lowest BCUT2D eigenvalue weighted by Gasteiger charge is -2.43. The number of fused-ring (bicyclic) bond motifs is 1. The van der Waals surface area contributed by atoms with Crippen molar-refractivity contribution in [1.82, 2.24) is 30.5 Å². The molecule has 3 aromatic rings. The number of nitrogens with one attached hydrogen (secondary N) is 2. The number of anilines is 1. The number of rotatable bonds is 5. The molecule has 2 amide bonds. The lowest BCUT2D eigenvalue weighted by Crippen LogP contribution is -2.57. The van der Waals surface area contributed by atoms with Crippen molar-refractivity contribution >= 4 is 34.3 Å². The molecule has 37 heavy (non-hydrogen) atoms. The van der Waals surface area contributed by atoms with Crippen molar-refractivity contribution in [2.45, 2.75) is 24.5 Å². The van der Waals surface area contributed by atoms with E-state index in [2.05, 4.69) is 25.6 Å². The van der Waals surface area contributed by atoms with Gasteiger partial charge in [0.25, 0.3) is 5.91 Å². The van der Waals surface area contributed by atoms with Crippen molar-refractivity contribution < 1.29 is 19.1 Å². The number of carbonyl (C=O) groups is 3. The summed E-state index contributed by atoms with van der Waals surface area (Å²) in [5.74, 6) is -0.253. The van der Waals surface area contributed by atoms with E-state index in [4.69, 9.17) is 4.74 Å². The molecule has 1 aromatic heterocycles. The first kappa shape index (κ1) is 23.6. The number of aromatic nitrogens is 3. The Balaban J connectivity index is 1.21. The first-order chi connectivity index (χ1) is 18.0. The van der Waals surface area contributed by atoms with Crippen molar-refractivity contribution in [2.24, 2.45) is 0 Å². The Bertz CT molecular complexity index is 1310. The Morgan fingerprint density at radius 1 is 1.11 bits per heavy atom. The summed E-state index contributed by atoms with van der Waals surface area (Å²) in [6, 6.07) is 15.1. The molecule has 1 atom stereocenters. The number of hydrogen-bond donors (Lipinski definition) is 2. The summed E-state index contributed by atoms with van der Waals surface area (Å²) in [5, 5.41) is 13.8. The van der Waals surface area contributed by atoms with Gasteiger partial charge in [-0.3, -0.25) is 19.5 Å². The van der Waals surface area contributed by atoms with Crippen LogP contribution in [0, 0.1) is 0 Å². The molecule has 0 saturated carbocycles. The minimum absolute atomic E-state index is 0.0105. The third-order valence-electron chi connectivity index (χ3n) is 7.67. The fourth-order valence-electron chi connectivity index (χ4n) is 5.62. The Morgan fingerprint density at radius 2 is 1.92 bits per heavy atom. The minimum atomic E-state index is -0.805. The molecular formula is C26H29N7O4. The van der Waals surface area contributed by atoms with E-state index in [1.807, 2.05) is 30.3 Å². The highest BCUT2D eigenvalue weighted by atomic mass is 16.5. The maximum absolute atomic E-state index is 13.9. The van der Waals surface area contributed by atoms with E-state index in [0.29, 0.717) is 56.8 Å². The Hall–Kier alpha value is -3.83. The summed E-state index contributed by atoms with van der Waals surface area (Å²) in [4.78, 5) is 45.7. The van der Waals surface area contributed by atoms with Crippen LogP contribution in [-0.2, 0) is 14.3 Å². The molecule has 2 N–H and O–H groups in total. The van der Waals surface area contributed by atoms with E-state index >= 15 is 0 Å². The highest BCUT2D eigenvalue weighted by Gasteiger charge is 2.54. The number of H-pyrrole nitrogens is 1. The number of carbonyl (C=O) groups excluding carboxylic acids is 3. The van der Waals surface area contributed by atoms with Crippen LogP contribution in [0.25, 0.3) is 11.0 Å². The first-order valence-corrected chi connectivity index (χ1v) is 12.6. The number of amides is 2. The summed E-state index contributed by atoms with van der Waals surface area (Å²) >= 11 is 0. The average Bonchev–Trinajstić information content (AvgIpc) is 3.52. The van der Waals surface area contributed by atoms with Crippen LogP contribution in [-0.4, -0.2) is 100 Å². The van der Waals surface area contributed by atoms with E-state index in [1.54, 1.807) is 28.0 Å². The van der Waals surface area contributed by atoms with Gasteiger partial charge in [0.15, 0.2) is 5.78 Å². The summed E-state index contributed by atoms with van der Waals surface area (Å²) in [5.41, 5.74) is 2.08. The second-order valence-corrected chi connectivity index (χ2v) is 9.81. The molecule has 1 spiro atoms. The average molecular weight is 504 g/mol. The number of nitrogens with zero attached hydrogens (tertiary/aromatic N) is 5. The van der Waals surface area contributed by atoms with E-state index in [-0.39, 0.29) is 24.1 Å². The number of Topliss-reactive ketones (excluding diaryl/α,β-unsaturated/α-hetero) is 1. The van der Waals surface area contributed by atoms with Crippen LogP contribution in [0.5, 0.6) is 0 Å². The molecule has 1 unspecified atom stereocenters. The molecule has 3 saturated heterocycles. The molecule has 0 radical (unpaired) electrons. The quantitative estimate of drug-likeness (QED) is 0.524. The van der Waals surface area contributed by atoms with Crippen molar-refractivity contribution in [3.8, 4) is 0 Å².